The monoisotopic (exact) mass is 389 g/mol. The van der Waals surface area contributed by atoms with Gasteiger partial charge in [-0.15, -0.1) is 21.5 Å². The van der Waals surface area contributed by atoms with E-state index >= 15 is 0 Å². The molecular formula is C16H12BrN3O2S. The minimum absolute atomic E-state index is 0.181. The van der Waals surface area contributed by atoms with Crippen LogP contribution in [0.1, 0.15) is 35.0 Å². The van der Waals surface area contributed by atoms with Crippen LogP contribution in [0.25, 0.3) is 10.8 Å². The molecule has 1 saturated carbocycles. The molecule has 1 aliphatic rings. The maximum absolute atomic E-state index is 12.4. The number of thiophene rings is 1. The first-order chi connectivity index (χ1) is 11.2. The van der Waals surface area contributed by atoms with Crippen LogP contribution >= 0.6 is 27.3 Å². The van der Waals surface area contributed by atoms with E-state index in [2.05, 4.69) is 31.4 Å². The molecule has 0 radical (unpaired) electrons. The molecule has 2 heterocycles. The van der Waals surface area contributed by atoms with E-state index in [4.69, 9.17) is 4.42 Å². The second-order valence-corrected chi connectivity index (χ2v) is 7.09. The number of carbonyl (C=O) groups excluding carboxylic acids is 1. The van der Waals surface area contributed by atoms with E-state index < -0.39 is 0 Å². The summed E-state index contributed by atoms with van der Waals surface area (Å²) in [4.78, 5) is 13.2. The molecule has 23 heavy (non-hydrogen) atoms. The van der Waals surface area contributed by atoms with Gasteiger partial charge in [0.05, 0.1) is 11.3 Å². The molecule has 7 heteroatoms. The van der Waals surface area contributed by atoms with E-state index in [1.165, 1.54) is 11.3 Å². The summed E-state index contributed by atoms with van der Waals surface area (Å²) in [6.45, 7) is 0. The fourth-order valence-electron chi connectivity index (χ4n) is 2.23. The summed E-state index contributed by atoms with van der Waals surface area (Å²) in [6, 6.07) is 9.14. The van der Waals surface area contributed by atoms with Gasteiger partial charge in [-0.3, -0.25) is 4.79 Å². The summed E-state index contributed by atoms with van der Waals surface area (Å²) >= 11 is 4.86. The molecular weight excluding hydrogens is 378 g/mol. The standard InChI is InChI=1S/C16H12BrN3O2S/c17-11-4-2-1-3-10(11)14(21)18-12-7-8-23-13(12)16-20-19-15(22-16)9-5-6-9/h1-4,7-9H,5-6H2,(H,18,21). The molecule has 0 bridgehead atoms. The lowest BCUT2D eigenvalue weighted by molar-refractivity contribution is 0.102. The molecule has 1 aromatic carbocycles. The van der Waals surface area contributed by atoms with Crippen molar-refractivity contribution in [3.05, 3.63) is 51.6 Å². The van der Waals surface area contributed by atoms with Crippen molar-refractivity contribution in [2.45, 2.75) is 18.8 Å². The van der Waals surface area contributed by atoms with Gasteiger partial charge in [-0.25, -0.2) is 0 Å². The fourth-order valence-corrected chi connectivity index (χ4v) is 3.46. The zero-order valence-electron chi connectivity index (χ0n) is 12.0. The number of hydrogen-bond acceptors (Lipinski definition) is 5. The number of nitrogens with one attached hydrogen (secondary N) is 1. The van der Waals surface area contributed by atoms with Crippen molar-refractivity contribution in [1.82, 2.24) is 10.2 Å². The Morgan fingerprint density at radius 2 is 2.09 bits per heavy atom. The number of benzene rings is 1. The van der Waals surface area contributed by atoms with Gasteiger partial charge in [0.15, 0.2) is 0 Å². The van der Waals surface area contributed by atoms with Crippen LogP contribution in [0, 0.1) is 0 Å². The third-order valence-electron chi connectivity index (χ3n) is 3.59. The van der Waals surface area contributed by atoms with Crippen molar-refractivity contribution in [1.29, 1.82) is 0 Å². The molecule has 1 aliphatic carbocycles. The highest BCUT2D eigenvalue weighted by Gasteiger charge is 2.30. The Morgan fingerprint density at radius 3 is 2.87 bits per heavy atom. The molecule has 1 fully saturated rings. The molecule has 0 unspecified atom stereocenters. The van der Waals surface area contributed by atoms with Crippen LogP contribution in [-0.2, 0) is 0 Å². The Balaban J connectivity index is 1.59. The SMILES string of the molecule is O=C(Nc1ccsc1-c1nnc(C2CC2)o1)c1ccccc1Br. The van der Waals surface area contributed by atoms with Gasteiger partial charge in [-0.05, 0) is 52.4 Å². The third kappa shape index (κ3) is 2.94. The van der Waals surface area contributed by atoms with E-state index in [0.29, 0.717) is 29.0 Å². The molecule has 0 spiro atoms. The lowest BCUT2D eigenvalue weighted by atomic mass is 10.2. The average Bonchev–Trinajstić information content (AvgIpc) is 3.10. The summed E-state index contributed by atoms with van der Waals surface area (Å²) in [5.74, 6) is 1.38. The van der Waals surface area contributed by atoms with E-state index in [-0.39, 0.29) is 5.91 Å². The first kappa shape index (κ1) is 14.6. The maximum atomic E-state index is 12.4. The summed E-state index contributed by atoms with van der Waals surface area (Å²) in [6.07, 6.45) is 2.22. The van der Waals surface area contributed by atoms with Gasteiger partial charge in [-0.2, -0.15) is 0 Å². The molecule has 0 aliphatic heterocycles. The van der Waals surface area contributed by atoms with Gasteiger partial charge in [0.2, 0.25) is 5.89 Å². The lowest BCUT2D eigenvalue weighted by Gasteiger charge is -2.06. The van der Waals surface area contributed by atoms with Crippen molar-refractivity contribution in [2.24, 2.45) is 0 Å². The molecule has 3 aromatic rings. The third-order valence-corrected chi connectivity index (χ3v) is 5.19. The Kier molecular flexibility index (Phi) is 3.74. The van der Waals surface area contributed by atoms with Crippen LogP contribution in [0.4, 0.5) is 5.69 Å². The lowest BCUT2D eigenvalue weighted by Crippen LogP contribution is -2.12. The van der Waals surface area contributed by atoms with Gasteiger partial charge >= 0.3 is 0 Å². The van der Waals surface area contributed by atoms with Crippen LogP contribution in [0.5, 0.6) is 0 Å². The minimum atomic E-state index is -0.181. The molecule has 0 atom stereocenters. The van der Waals surface area contributed by atoms with Gasteiger partial charge in [-0.1, -0.05) is 12.1 Å². The first-order valence-electron chi connectivity index (χ1n) is 7.19. The quantitative estimate of drug-likeness (QED) is 0.702. The number of anilines is 1. The van der Waals surface area contributed by atoms with Gasteiger partial charge in [0.25, 0.3) is 11.8 Å². The normalized spacial score (nSPS) is 14.0. The summed E-state index contributed by atoms with van der Waals surface area (Å²) in [7, 11) is 0. The van der Waals surface area contributed by atoms with Crippen LogP contribution in [0.15, 0.2) is 44.6 Å². The Hall–Kier alpha value is -1.99. The van der Waals surface area contributed by atoms with Crippen LogP contribution in [-0.4, -0.2) is 16.1 Å². The van der Waals surface area contributed by atoms with E-state index in [1.807, 2.05) is 29.6 Å². The van der Waals surface area contributed by atoms with Gasteiger partial charge < -0.3 is 9.73 Å². The zero-order chi connectivity index (χ0) is 15.8. The minimum Gasteiger partial charge on any atom is -0.420 e. The second-order valence-electron chi connectivity index (χ2n) is 5.32. The molecule has 1 N–H and O–H groups in total. The van der Waals surface area contributed by atoms with Crippen molar-refractivity contribution in [3.8, 4) is 10.8 Å². The smallest absolute Gasteiger partial charge is 0.259 e. The number of amides is 1. The summed E-state index contributed by atoms with van der Waals surface area (Å²) in [5, 5.41) is 13.0. The molecule has 116 valence electrons. The Morgan fingerprint density at radius 1 is 1.26 bits per heavy atom. The number of carbonyl (C=O) groups is 1. The number of rotatable bonds is 4. The highest BCUT2D eigenvalue weighted by molar-refractivity contribution is 9.10. The molecule has 0 saturated heterocycles. The maximum Gasteiger partial charge on any atom is 0.259 e. The summed E-state index contributed by atoms with van der Waals surface area (Å²) in [5.41, 5.74) is 1.26. The van der Waals surface area contributed by atoms with Gasteiger partial charge in [0, 0.05) is 10.4 Å². The molecule has 4 rings (SSSR count). The van der Waals surface area contributed by atoms with E-state index in [0.717, 1.165) is 22.2 Å². The average molecular weight is 390 g/mol. The van der Waals surface area contributed by atoms with Crippen molar-refractivity contribution in [2.75, 3.05) is 5.32 Å². The second kappa shape index (κ2) is 5.90. The topological polar surface area (TPSA) is 68.0 Å². The Labute approximate surface area is 144 Å². The van der Waals surface area contributed by atoms with Crippen LogP contribution in [0.3, 0.4) is 0 Å². The van der Waals surface area contributed by atoms with Crippen LogP contribution < -0.4 is 5.32 Å². The fraction of sp³-hybridized carbons (Fsp3) is 0.188. The largest absolute Gasteiger partial charge is 0.420 e. The van der Waals surface area contributed by atoms with Crippen molar-refractivity contribution >= 4 is 38.9 Å². The number of nitrogens with zero attached hydrogens (tertiary/aromatic N) is 2. The van der Waals surface area contributed by atoms with Crippen molar-refractivity contribution < 1.29 is 9.21 Å². The van der Waals surface area contributed by atoms with E-state index in [9.17, 15) is 4.79 Å². The zero-order valence-corrected chi connectivity index (χ0v) is 14.4. The van der Waals surface area contributed by atoms with E-state index in [1.54, 1.807) is 6.07 Å². The highest BCUT2D eigenvalue weighted by atomic mass is 79.9. The predicted molar refractivity (Wildman–Crippen MR) is 91.7 cm³/mol. The molecule has 1 amide bonds. The number of aromatic nitrogens is 2. The summed E-state index contributed by atoms with van der Waals surface area (Å²) < 4.78 is 6.48. The van der Waals surface area contributed by atoms with Crippen molar-refractivity contribution in [3.63, 3.8) is 0 Å². The van der Waals surface area contributed by atoms with Gasteiger partial charge in [0.1, 0.15) is 4.88 Å². The predicted octanol–water partition coefficient (Wildman–Crippen LogP) is 4.69. The highest BCUT2D eigenvalue weighted by Crippen LogP contribution is 2.41. The van der Waals surface area contributed by atoms with Crippen LogP contribution in [0.2, 0.25) is 0 Å². The Bertz CT molecular complexity index is 870. The molecule has 5 nitrogen and oxygen atoms in total. The molecule has 2 aromatic heterocycles. The first-order valence-corrected chi connectivity index (χ1v) is 8.87. The number of halogens is 1. The number of hydrogen-bond donors (Lipinski definition) is 1.